The van der Waals surface area contributed by atoms with Gasteiger partial charge in [0, 0.05) is 23.7 Å². The van der Waals surface area contributed by atoms with Crippen molar-refractivity contribution in [3.05, 3.63) is 59.1 Å². The molecule has 1 fully saturated rings. The molecule has 28 heavy (non-hydrogen) atoms. The number of hydrogen-bond acceptors (Lipinski definition) is 2. The van der Waals surface area contributed by atoms with E-state index in [1.54, 1.807) is 0 Å². The zero-order valence-corrected chi connectivity index (χ0v) is 17.5. The summed E-state index contributed by atoms with van der Waals surface area (Å²) in [7, 11) is 0. The maximum Gasteiger partial charge on any atom is 0.231 e. The number of halogens is 1. The molecule has 1 saturated heterocycles. The zero-order valence-electron chi connectivity index (χ0n) is 16.8. The molecule has 2 aromatic rings. The molecule has 0 bridgehead atoms. The quantitative estimate of drug-likeness (QED) is 0.765. The number of hydrogen-bond donors (Lipinski definition) is 1. The number of nitrogens with zero attached hydrogens (tertiary/aromatic N) is 1. The number of amides is 1. The number of rotatable bonds is 7. The molecule has 1 amide bonds. The molecular weight excluding hydrogens is 372 g/mol. The first kappa shape index (κ1) is 20.7. The summed E-state index contributed by atoms with van der Waals surface area (Å²) in [5.41, 5.74) is 1.23. The lowest BCUT2D eigenvalue weighted by Crippen LogP contribution is -3.12. The molecule has 5 heteroatoms. The second-order valence-corrected chi connectivity index (χ2v) is 7.87. The Hall–Kier alpha value is -2.04. The van der Waals surface area contributed by atoms with Crippen molar-refractivity contribution >= 4 is 17.5 Å². The van der Waals surface area contributed by atoms with Crippen molar-refractivity contribution in [1.29, 1.82) is 0 Å². The zero-order chi connectivity index (χ0) is 19.9. The fourth-order valence-corrected chi connectivity index (χ4v) is 4.09. The first-order valence-electron chi connectivity index (χ1n) is 10.2. The summed E-state index contributed by atoms with van der Waals surface area (Å²) in [4.78, 5) is 16.2. The number of ether oxygens (including phenoxy) is 1. The number of piperidine rings is 1. The highest BCUT2D eigenvalue weighted by Crippen LogP contribution is 2.23. The molecule has 1 unspecified atom stereocenters. The van der Waals surface area contributed by atoms with E-state index in [0.29, 0.717) is 10.9 Å². The van der Waals surface area contributed by atoms with Crippen LogP contribution in [0.3, 0.4) is 0 Å². The third-order valence-corrected chi connectivity index (χ3v) is 5.70. The van der Waals surface area contributed by atoms with E-state index in [-0.39, 0.29) is 5.92 Å². The minimum Gasteiger partial charge on any atom is -0.457 e. The van der Waals surface area contributed by atoms with Gasteiger partial charge in [0.2, 0.25) is 5.91 Å². The van der Waals surface area contributed by atoms with Gasteiger partial charge in [0.05, 0.1) is 19.0 Å². The Labute approximate surface area is 173 Å². The second kappa shape index (κ2) is 9.94. The summed E-state index contributed by atoms with van der Waals surface area (Å²) >= 11 is 5.94. The van der Waals surface area contributed by atoms with Crippen LogP contribution in [0.2, 0.25) is 5.02 Å². The van der Waals surface area contributed by atoms with E-state index >= 15 is 0 Å². The van der Waals surface area contributed by atoms with Crippen molar-refractivity contribution in [2.45, 2.75) is 33.2 Å². The molecule has 0 spiro atoms. The minimum atomic E-state index is 0.150. The largest absolute Gasteiger partial charge is 0.457 e. The Balaban J connectivity index is 1.61. The van der Waals surface area contributed by atoms with Crippen molar-refractivity contribution in [2.24, 2.45) is 5.92 Å². The number of quaternary nitrogens is 1. The van der Waals surface area contributed by atoms with Crippen LogP contribution < -0.4 is 9.64 Å². The molecule has 1 heterocycles. The van der Waals surface area contributed by atoms with Gasteiger partial charge in [-0.1, -0.05) is 23.7 Å². The fourth-order valence-electron chi connectivity index (χ4n) is 3.96. The second-order valence-electron chi connectivity index (χ2n) is 7.43. The van der Waals surface area contributed by atoms with Crippen molar-refractivity contribution < 1.29 is 14.4 Å². The lowest BCUT2D eigenvalue weighted by molar-refractivity contribution is -0.921. The smallest absolute Gasteiger partial charge is 0.231 e. The van der Waals surface area contributed by atoms with Crippen LogP contribution in [0.5, 0.6) is 11.5 Å². The summed E-state index contributed by atoms with van der Waals surface area (Å²) in [5, 5.41) is 0.698. The Morgan fingerprint density at radius 2 is 1.89 bits per heavy atom. The molecule has 1 N–H and O–H groups in total. The van der Waals surface area contributed by atoms with Gasteiger partial charge in [-0.05, 0) is 63.1 Å². The SMILES string of the molecule is CCN(CC)C(=O)[C@@H]1CCC[NH+](Cc2cccc(Oc3ccc(Cl)cc3)c2)C1. The average molecular weight is 402 g/mol. The van der Waals surface area contributed by atoms with E-state index in [2.05, 4.69) is 26.0 Å². The molecule has 0 aromatic heterocycles. The normalized spacial score (nSPS) is 19.2. The molecule has 1 aliphatic heterocycles. The van der Waals surface area contributed by atoms with Crippen molar-refractivity contribution in [3.8, 4) is 11.5 Å². The van der Waals surface area contributed by atoms with Crippen LogP contribution in [-0.2, 0) is 11.3 Å². The van der Waals surface area contributed by atoms with Gasteiger partial charge in [0.1, 0.15) is 18.0 Å². The predicted octanol–water partition coefficient (Wildman–Crippen LogP) is 3.80. The molecule has 2 atom stereocenters. The number of nitrogens with one attached hydrogen (secondary N) is 1. The Morgan fingerprint density at radius 3 is 2.61 bits per heavy atom. The van der Waals surface area contributed by atoms with E-state index in [4.69, 9.17) is 16.3 Å². The van der Waals surface area contributed by atoms with Crippen LogP contribution in [0.25, 0.3) is 0 Å². The van der Waals surface area contributed by atoms with Crippen molar-refractivity contribution in [3.63, 3.8) is 0 Å². The molecule has 2 aromatic carbocycles. The van der Waals surface area contributed by atoms with E-state index < -0.39 is 0 Å². The highest BCUT2D eigenvalue weighted by atomic mass is 35.5. The summed E-state index contributed by atoms with van der Waals surface area (Å²) in [6.07, 6.45) is 2.12. The summed E-state index contributed by atoms with van der Waals surface area (Å²) in [5.74, 6) is 2.07. The van der Waals surface area contributed by atoms with Gasteiger partial charge < -0.3 is 14.5 Å². The molecule has 3 rings (SSSR count). The molecule has 0 radical (unpaired) electrons. The van der Waals surface area contributed by atoms with E-state index in [9.17, 15) is 4.79 Å². The van der Waals surface area contributed by atoms with Crippen LogP contribution in [0, 0.1) is 5.92 Å². The third kappa shape index (κ3) is 5.49. The maximum absolute atomic E-state index is 12.7. The standard InChI is InChI=1S/C23H29ClN2O2/c1-3-26(4-2)23(27)19-8-6-14-25(17-19)16-18-7-5-9-22(15-18)28-21-12-10-20(24)11-13-21/h5,7,9-13,15,19H,3-4,6,8,14,16-17H2,1-2H3/p+1/t19-/m1/s1. The fraction of sp³-hybridized carbons (Fsp3) is 0.435. The summed E-state index contributed by atoms with van der Waals surface area (Å²) in [6, 6.07) is 15.6. The van der Waals surface area contributed by atoms with E-state index in [1.165, 1.54) is 10.5 Å². The van der Waals surface area contributed by atoms with E-state index in [0.717, 1.165) is 57.1 Å². The predicted molar refractivity (Wildman–Crippen MR) is 113 cm³/mol. The van der Waals surface area contributed by atoms with Gasteiger partial charge >= 0.3 is 0 Å². The third-order valence-electron chi connectivity index (χ3n) is 5.44. The van der Waals surface area contributed by atoms with Gasteiger partial charge in [0.15, 0.2) is 0 Å². The maximum atomic E-state index is 12.7. The lowest BCUT2D eigenvalue weighted by Gasteiger charge is -2.32. The monoisotopic (exact) mass is 401 g/mol. The molecular formula is C23H30ClN2O2+. The van der Waals surface area contributed by atoms with Crippen LogP contribution in [0.4, 0.5) is 0 Å². The van der Waals surface area contributed by atoms with Gasteiger partial charge in [-0.15, -0.1) is 0 Å². The highest BCUT2D eigenvalue weighted by Gasteiger charge is 2.30. The summed E-state index contributed by atoms with van der Waals surface area (Å²) in [6.45, 7) is 8.65. The van der Waals surface area contributed by atoms with Gasteiger partial charge in [0.25, 0.3) is 0 Å². The van der Waals surface area contributed by atoms with Crippen LogP contribution >= 0.6 is 11.6 Å². The molecule has 0 saturated carbocycles. The first-order valence-corrected chi connectivity index (χ1v) is 10.6. The average Bonchev–Trinajstić information content (AvgIpc) is 2.71. The molecule has 1 aliphatic rings. The molecule has 0 aliphatic carbocycles. The van der Waals surface area contributed by atoms with Crippen molar-refractivity contribution in [1.82, 2.24) is 4.90 Å². The Bertz CT molecular complexity index is 774. The number of carbonyl (C=O) groups excluding carboxylic acids is 1. The number of likely N-dealkylation sites (tertiary alicyclic amines) is 1. The lowest BCUT2D eigenvalue weighted by atomic mass is 9.96. The minimum absolute atomic E-state index is 0.150. The number of carbonyl (C=O) groups is 1. The van der Waals surface area contributed by atoms with Gasteiger partial charge in [-0.3, -0.25) is 4.79 Å². The Morgan fingerprint density at radius 1 is 1.14 bits per heavy atom. The number of benzene rings is 2. The van der Waals surface area contributed by atoms with E-state index in [1.807, 2.05) is 41.3 Å². The highest BCUT2D eigenvalue weighted by molar-refractivity contribution is 6.30. The van der Waals surface area contributed by atoms with Gasteiger partial charge in [-0.25, -0.2) is 0 Å². The molecule has 150 valence electrons. The first-order chi connectivity index (χ1) is 13.6. The van der Waals surface area contributed by atoms with Crippen LogP contribution in [0.1, 0.15) is 32.3 Å². The Kier molecular flexibility index (Phi) is 7.35. The topological polar surface area (TPSA) is 34.0 Å². The summed E-state index contributed by atoms with van der Waals surface area (Å²) < 4.78 is 5.95. The molecule has 4 nitrogen and oxygen atoms in total. The van der Waals surface area contributed by atoms with Crippen LogP contribution in [0.15, 0.2) is 48.5 Å². The van der Waals surface area contributed by atoms with Crippen molar-refractivity contribution in [2.75, 3.05) is 26.2 Å². The van der Waals surface area contributed by atoms with Crippen LogP contribution in [-0.4, -0.2) is 37.0 Å². The van der Waals surface area contributed by atoms with Gasteiger partial charge in [-0.2, -0.15) is 0 Å².